The molecule has 0 saturated carbocycles. The molecule has 0 unspecified atom stereocenters. The quantitative estimate of drug-likeness (QED) is 0.147. The zero-order valence-corrected chi connectivity index (χ0v) is 23.3. The molecule has 1 amide bonds. The number of amides is 1. The number of hydrogen-bond acceptors (Lipinski definition) is 11. The summed E-state index contributed by atoms with van der Waals surface area (Å²) in [7, 11) is 0. The van der Waals surface area contributed by atoms with Crippen molar-refractivity contribution in [3.63, 3.8) is 0 Å². The number of nitrogens with zero attached hydrogens (tertiary/aromatic N) is 5. The van der Waals surface area contributed by atoms with E-state index in [2.05, 4.69) is 40.8 Å². The second kappa shape index (κ2) is 12.7. The summed E-state index contributed by atoms with van der Waals surface area (Å²) in [6, 6.07) is 2.77. The van der Waals surface area contributed by atoms with Crippen LogP contribution in [0.3, 0.4) is 0 Å². The molecule has 0 aliphatic carbocycles. The van der Waals surface area contributed by atoms with Gasteiger partial charge in [0.15, 0.2) is 5.82 Å². The molecule has 42 heavy (non-hydrogen) atoms. The number of nitrogens with one attached hydrogen (secondary N) is 4. The number of ether oxygens (including phenoxy) is 1. The van der Waals surface area contributed by atoms with E-state index in [0.717, 1.165) is 43.9 Å². The molecule has 5 N–H and O–H groups in total. The lowest BCUT2D eigenvalue weighted by Crippen LogP contribution is -2.39. The number of rotatable bonds is 8. The average molecular weight is 588 g/mol. The molecule has 3 heterocycles. The summed E-state index contributed by atoms with van der Waals surface area (Å²) in [4.78, 5) is 31.9. The molecule has 1 aromatic carbocycles. The van der Waals surface area contributed by atoms with E-state index in [1.807, 2.05) is 0 Å². The van der Waals surface area contributed by atoms with Crippen LogP contribution in [0.25, 0.3) is 11.0 Å². The van der Waals surface area contributed by atoms with E-state index in [0.29, 0.717) is 25.3 Å². The lowest BCUT2D eigenvalue weighted by molar-refractivity contribution is -0.136. The van der Waals surface area contributed by atoms with Crippen LogP contribution in [0.2, 0.25) is 0 Å². The highest BCUT2D eigenvalue weighted by atomic mass is 19.4. The Labute approximate surface area is 239 Å². The average Bonchev–Trinajstić information content (AvgIpc) is 2.92. The van der Waals surface area contributed by atoms with E-state index in [9.17, 15) is 23.1 Å². The van der Waals surface area contributed by atoms with Gasteiger partial charge in [-0.15, -0.1) is 0 Å². The molecule has 0 atom stereocenters. The van der Waals surface area contributed by atoms with Gasteiger partial charge in [-0.2, -0.15) is 13.2 Å². The molecule has 4 rings (SSSR count). The number of amidine groups is 1. The molecule has 3 aromatic rings. The van der Waals surface area contributed by atoms with Crippen LogP contribution in [0, 0.1) is 10.8 Å². The highest BCUT2D eigenvalue weighted by Crippen LogP contribution is 2.37. The number of carbonyl (C=O) groups excluding carboxylic acids is 1. The molecule has 224 valence electrons. The molecule has 0 radical (unpaired) electrons. The van der Waals surface area contributed by atoms with Gasteiger partial charge in [0.25, 0.3) is 5.91 Å². The highest BCUT2D eigenvalue weighted by Gasteiger charge is 2.34. The third-order valence-electron chi connectivity index (χ3n) is 6.33. The van der Waals surface area contributed by atoms with Gasteiger partial charge < -0.3 is 25.8 Å². The SMILES string of the molecule is CC(C)(C)/C(O)=C/C(=N)NC(=O)c1ccc(C(F)(F)F)c(Nc2ncnc3cnc(NCCN4CCOCC4)nc23)c1. The number of alkyl halides is 3. The van der Waals surface area contributed by atoms with Crippen molar-refractivity contribution in [1.82, 2.24) is 30.2 Å². The second-order valence-electron chi connectivity index (χ2n) is 10.6. The smallest absolute Gasteiger partial charge is 0.418 e. The number of allylic oxidation sites excluding steroid dienone is 1. The molecular weight excluding hydrogens is 555 g/mol. The predicted octanol–water partition coefficient (Wildman–Crippen LogP) is 4.12. The summed E-state index contributed by atoms with van der Waals surface area (Å²) < 4.78 is 47.1. The Kier molecular flexibility index (Phi) is 9.21. The third kappa shape index (κ3) is 7.88. The number of anilines is 3. The molecule has 0 bridgehead atoms. The molecule has 2 aromatic heterocycles. The first-order valence-electron chi connectivity index (χ1n) is 13.1. The van der Waals surface area contributed by atoms with Gasteiger partial charge in [-0.3, -0.25) is 15.1 Å². The van der Waals surface area contributed by atoms with Gasteiger partial charge in [0.1, 0.15) is 29.0 Å². The minimum atomic E-state index is -4.75. The number of aliphatic hydroxyl groups excluding tert-OH is 1. The van der Waals surface area contributed by atoms with Crippen molar-refractivity contribution in [1.29, 1.82) is 5.41 Å². The van der Waals surface area contributed by atoms with Gasteiger partial charge in [-0.05, 0) is 18.2 Å². The van der Waals surface area contributed by atoms with Gasteiger partial charge in [0.05, 0.1) is 30.7 Å². The number of carbonyl (C=O) groups is 1. The van der Waals surface area contributed by atoms with Crippen molar-refractivity contribution < 1.29 is 27.8 Å². The molecule has 0 spiro atoms. The number of fused-ring (bicyclic) bond motifs is 1. The first-order valence-corrected chi connectivity index (χ1v) is 13.1. The van der Waals surface area contributed by atoms with E-state index < -0.39 is 34.6 Å². The maximum absolute atomic E-state index is 13.9. The Morgan fingerprint density at radius 1 is 1.17 bits per heavy atom. The van der Waals surface area contributed by atoms with Gasteiger partial charge in [0.2, 0.25) is 5.95 Å². The second-order valence-corrected chi connectivity index (χ2v) is 10.6. The largest absolute Gasteiger partial charge is 0.512 e. The molecular formula is C27H32F3N9O3. The van der Waals surface area contributed by atoms with E-state index in [-0.39, 0.29) is 28.6 Å². The standard InChI is InChI=1S/C27H32F3N9O3/c1-26(2,3)20(40)13-21(31)37-24(41)16-4-5-17(27(28,29)30)18(12-16)36-23-22-19(34-15-35-23)14-33-25(38-22)32-6-7-39-8-10-42-11-9-39/h4-5,12-15,40H,6-11H2,1-3H3,(H2,31,37,41)(H,32,33,38)(H,34,35,36)/b20-13-. The van der Waals surface area contributed by atoms with Crippen LogP contribution in [0.15, 0.2) is 42.6 Å². The van der Waals surface area contributed by atoms with Crippen LogP contribution in [-0.4, -0.2) is 81.1 Å². The van der Waals surface area contributed by atoms with E-state index >= 15 is 0 Å². The lowest BCUT2D eigenvalue weighted by Gasteiger charge is -2.26. The number of morpholine rings is 1. The molecule has 15 heteroatoms. The Morgan fingerprint density at radius 2 is 1.90 bits per heavy atom. The maximum atomic E-state index is 13.9. The van der Waals surface area contributed by atoms with Crippen molar-refractivity contribution in [2.45, 2.75) is 26.9 Å². The Morgan fingerprint density at radius 3 is 2.60 bits per heavy atom. The van der Waals surface area contributed by atoms with Crippen molar-refractivity contribution in [3.8, 4) is 0 Å². The van der Waals surface area contributed by atoms with Crippen LogP contribution < -0.4 is 16.0 Å². The fourth-order valence-corrected chi connectivity index (χ4v) is 3.93. The molecule has 1 aliphatic rings. The van der Waals surface area contributed by atoms with E-state index in [1.165, 1.54) is 12.5 Å². The Bertz CT molecular complexity index is 1480. The van der Waals surface area contributed by atoms with Gasteiger partial charge in [0, 0.05) is 43.2 Å². The van der Waals surface area contributed by atoms with Crippen LogP contribution in [-0.2, 0) is 10.9 Å². The van der Waals surface area contributed by atoms with Crippen LogP contribution >= 0.6 is 0 Å². The van der Waals surface area contributed by atoms with Crippen molar-refractivity contribution >= 4 is 40.2 Å². The Hall–Kier alpha value is -4.37. The molecule has 12 nitrogen and oxygen atoms in total. The number of hydrogen-bond donors (Lipinski definition) is 5. The van der Waals surface area contributed by atoms with Gasteiger partial charge in [-0.1, -0.05) is 20.8 Å². The van der Waals surface area contributed by atoms with Gasteiger partial charge in [-0.25, -0.2) is 19.9 Å². The summed E-state index contributed by atoms with van der Waals surface area (Å²) >= 11 is 0. The summed E-state index contributed by atoms with van der Waals surface area (Å²) in [5, 5.41) is 26.1. The van der Waals surface area contributed by atoms with E-state index in [1.54, 1.807) is 20.8 Å². The number of benzene rings is 1. The minimum Gasteiger partial charge on any atom is -0.512 e. The predicted molar refractivity (Wildman–Crippen MR) is 151 cm³/mol. The van der Waals surface area contributed by atoms with E-state index in [4.69, 9.17) is 10.1 Å². The van der Waals surface area contributed by atoms with Crippen LogP contribution in [0.4, 0.5) is 30.6 Å². The number of aromatic nitrogens is 4. The summed E-state index contributed by atoms with van der Waals surface area (Å²) in [6.07, 6.45) is -1.08. The lowest BCUT2D eigenvalue weighted by atomic mass is 9.93. The van der Waals surface area contributed by atoms with Crippen LogP contribution in [0.5, 0.6) is 0 Å². The van der Waals surface area contributed by atoms with Crippen molar-refractivity contribution in [2.24, 2.45) is 5.41 Å². The van der Waals surface area contributed by atoms with Crippen molar-refractivity contribution in [2.75, 3.05) is 50.0 Å². The zero-order chi connectivity index (χ0) is 30.5. The molecule has 1 saturated heterocycles. The summed E-state index contributed by atoms with van der Waals surface area (Å²) in [5.41, 5.74) is -1.83. The molecule has 1 aliphatic heterocycles. The summed E-state index contributed by atoms with van der Waals surface area (Å²) in [6.45, 7) is 9.39. The molecule has 1 fully saturated rings. The fraction of sp³-hybridized carbons (Fsp3) is 0.407. The normalized spacial score (nSPS) is 15.0. The first kappa shape index (κ1) is 30.6. The summed E-state index contributed by atoms with van der Waals surface area (Å²) in [5.74, 6) is -1.17. The third-order valence-corrected chi connectivity index (χ3v) is 6.33. The maximum Gasteiger partial charge on any atom is 0.418 e. The van der Waals surface area contributed by atoms with Crippen LogP contribution in [0.1, 0.15) is 36.7 Å². The van der Waals surface area contributed by atoms with Crippen molar-refractivity contribution in [3.05, 3.63) is 53.7 Å². The number of halogens is 3. The fourth-order valence-electron chi connectivity index (χ4n) is 3.93. The highest BCUT2D eigenvalue weighted by molar-refractivity contribution is 6.09. The minimum absolute atomic E-state index is 0.0209. The first-order chi connectivity index (χ1) is 19.8. The number of aliphatic hydroxyl groups is 1. The topological polar surface area (TPSA) is 161 Å². The Balaban J connectivity index is 1.58. The van der Waals surface area contributed by atoms with Gasteiger partial charge >= 0.3 is 6.18 Å². The monoisotopic (exact) mass is 587 g/mol. The zero-order valence-electron chi connectivity index (χ0n) is 23.3.